The number of hydrogen-bond acceptors (Lipinski definition) is 5. The fourth-order valence-electron chi connectivity index (χ4n) is 9.03. The predicted octanol–water partition coefficient (Wildman–Crippen LogP) is 14.2. The maximum atomic E-state index is 6.42. The van der Waals surface area contributed by atoms with Gasteiger partial charge in [0.1, 0.15) is 17.0 Å². The summed E-state index contributed by atoms with van der Waals surface area (Å²) in [5, 5.41) is 4.48. The molecule has 0 spiro atoms. The SMILES string of the molecule is c1ccc(-c2nc(Cc3nc(-c4ccc(-c5ccccc5)c(-c5ccccc5)c4)ccc3-n3c4ccccc4c4c5c(ccc43)oc3ccccc35)nc(-c3ccccc3)n2)cc1. The van der Waals surface area contributed by atoms with E-state index in [1.165, 1.54) is 0 Å². The normalized spacial score (nSPS) is 11.6. The molecule has 63 heavy (non-hydrogen) atoms. The molecule has 4 aromatic heterocycles. The minimum Gasteiger partial charge on any atom is -0.456 e. The van der Waals surface area contributed by atoms with E-state index < -0.39 is 0 Å². The van der Waals surface area contributed by atoms with E-state index in [-0.39, 0.29) is 0 Å². The third-order valence-corrected chi connectivity index (χ3v) is 11.9. The van der Waals surface area contributed by atoms with Gasteiger partial charge in [0.25, 0.3) is 0 Å². The third-order valence-electron chi connectivity index (χ3n) is 11.9. The van der Waals surface area contributed by atoms with Gasteiger partial charge >= 0.3 is 0 Å². The van der Waals surface area contributed by atoms with Crippen molar-refractivity contribution in [1.82, 2.24) is 24.5 Å². The van der Waals surface area contributed by atoms with E-state index in [1.807, 2.05) is 72.8 Å². The molecule has 0 N–H and O–H groups in total. The zero-order valence-corrected chi connectivity index (χ0v) is 34.1. The smallest absolute Gasteiger partial charge is 0.163 e. The van der Waals surface area contributed by atoms with Crippen LogP contribution in [0, 0.1) is 0 Å². The minimum absolute atomic E-state index is 0.351. The standard InChI is InChI=1S/C57H37N5O/c1-5-17-37(18-6-1)42-30-29-41(35-45(42)38-19-7-2-8-20-38)46-31-32-49(47(58-46)36-53-59-56(39-21-9-3-10-22-39)61-57(60-53)40-23-11-4-12-24-40)62-48-27-15-13-25-43(48)54-50(62)33-34-52-55(54)44-26-14-16-28-51(44)63-52/h1-35H,36H2. The van der Waals surface area contributed by atoms with Crippen LogP contribution in [-0.4, -0.2) is 24.5 Å². The third kappa shape index (κ3) is 6.44. The van der Waals surface area contributed by atoms with Crippen molar-refractivity contribution in [3.63, 3.8) is 0 Å². The van der Waals surface area contributed by atoms with Crippen molar-refractivity contribution in [2.45, 2.75) is 6.42 Å². The van der Waals surface area contributed by atoms with Crippen LogP contribution in [0.4, 0.5) is 0 Å². The minimum atomic E-state index is 0.351. The van der Waals surface area contributed by atoms with E-state index in [0.29, 0.717) is 23.9 Å². The van der Waals surface area contributed by atoms with Crippen LogP contribution < -0.4 is 0 Å². The van der Waals surface area contributed by atoms with Gasteiger partial charge in [-0.15, -0.1) is 0 Å². The number of furan rings is 1. The maximum absolute atomic E-state index is 6.42. The molecule has 8 aromatic carbocycles. The summed E-state index contributed by atoms with van der Waals surface area (Å²) in [6, 6.07) is 73.6. The molecule has 0 radical (unpaired) electrons. The highest BCUT2D eigenvalue weighted by molar-refractivity contribution is 6.27. The Hall–Kier alpha value is -8.48. The second-order valence-corrected chi connectivity index (χ2v) is 15.7. The van der Waals surface area contributed by atoms with Gasteiger partial charge in [0.2, 0.25) is 0 Å². The number of hydrogen-bond donors (Lipinski definition) is 0. The molecule has 0 aliphatic heterocycles. The summed E-state index contributed by atoms with van der Waals surface area (Å²) in [5.74, 6) is 1.86. The summed E-state index contributed by atoms with van der Waals surface area (Å²) in [7, 11) is 0. The van der Waals surface area contributed by atoms with E-state index in [4.69, 9.17) is 24.4 Å². The highest BCUT2D eigenvalue weighted by Crippen LogP contribution is 2.42. The summed E-state index contributed by atoms with van der Waals surface area (Å²) in [5.41, 5.74) is 14.0. The maximum Gasteiger partial charge on any atom is 0.163 e. The van der Waals surface area contributed by atoms with E-state index in [1.54, 1.807) is 0 Å². The highest BCUT2D eigenvalue weighted by Gasteiger charge is 2.22. The van der Waals surface area contributed by atoms with E-state index in [0.717, 1.165) is 99.8 Å². The van der Waals surface area contributed by atoms with Crippen LogP contribution in [-0.2, 0) is 6.42 Å². The van der Waals surface area contributed by atoms with Crippen molar-refractivity contribution in [3.05, 3.63) is 224 Å². The molecular formula is C57H37N5O. The number of pyridine rings is 1. The summed E-state index contributed by atoms with van der Waals surface area (Å²) in [4.78, 5) is 20.9. The first-order valence-corrected chi connectivity index (χ1v) is 21.2. The first kappa shape index (κ1) is 36.4. The van der Waals surface area contributed by atoms with Crippen molar-refractivity contribution >= 4 is 43.7 Å². The molecule has 0 atom stereocenters. The number of nitrogens with zero attached hydrogens (tertiary/aromatic N) is 5. The number of para-hydroxylation sites is 2. The fourth-order valence-corrected chi connectivity index (χ4v) is 9.03. The molecule has 12 aromatic rings. The molecule has 0 saturated heterocycles. The Morgan fingerprint density at radius 2 is 0.968 bits per heavy atom. The first-order chi connectivity index (χ1) is 31.2. The topological polar surface area (TPSA) is 69.6 Å². The van der Waals surface area contributed by atoms with E-state index in [9.17, 15) is 0 Å². The summed E-state index contributed by atoms with van der Waals surface area (Å²) in [6.07, 6.45) is 0.351. The van der Waals surface area contributed by atoms with Crippen LogP contribution in [0.1, 0.15) is 11.5 Å². The molecule has 0 unspecified atom stereocenters. The van der Waals surface area contributed by atoms with Gasteiger partial charge in [0, 0.05) is 38.2 Å². The zero-order chi connectivity index (χ0) is 41.7. The Morgan fingerprint density at radius 3 is 1.65 bits per heavy atom. The molecule has 0 aliphatic rings. The second-order valence-electron chi connectivity index (χ2n) is 15.7. The Balaban J connectivity index is 1.10. The molecule has 12 rings (SSSR count). The molecule has 0 saturated carbocycles. The van der Waals surface area contributed by atoms with Crippen LogP contribution in [0.5, 0.6) is 0 Å². The van der Waals surface area contributed by atoms with Crippen molar-refractivity contribution in [2.75, 3.05) is 0 Å². The number of rotatable bonds is 8. The zero-order valence-electron chi connectivity index (χ0n) is 34.1. The lowest BCUT2D eigenvalue weighted by molar-refractivity contribution is 0.669. The Kier molecular flexibility index (Phi) is 8.78. The molecular weight excluding hydrogens is 771 g/mol. The quantitative estimate of drug-likeness (QED) is 0.153. The van der Waals surface area contributed by atoms with Crippen molar-refractivity contribution < 1.29 is 4.42 Å². The van der Waals surface area contributed by atoms with Crippen molar-refractivity contribution in [1.29, 1.82) is 0 Å². The number of aromatic nitrogens is 5. The van der Waals surface area contributed by atoms with Crippen LogP contribution in [0.25, 0.3) is 106 Å². The molecule has 4 heterocycles. The van der Waals surface area contributed by atoms with Gasteiger partial charge in [-0.2, -0.15) is 0 Å². The molecule has 0 aliphatic carbocycles. The van der Waals surface area contributed by atoms with Gasteiger partial charge < -0.3 is 8.98 Å². The largest absolute Gasteiger partial charge is 0.456 e. The lowest BCUT2D eigenvalue weighted by atomic mass is 9.92. The van der Waals surface area contributed by atoms with Crippen LogP contribution >= 0.6 is 0 Å². The van der Waals surface area contributed by atoms with Gasteiger partial charge in [0.15, 0.2) is 11.6 Å². The number of benzene rings is 8. The van der Waals surface area contributed by atoms with Crippen molar-refractivity contribution in [3.8, 4) is 62.0 Å². The van der Waals surface area contributed by atoms with Crippen LogP contribution in [0.3, 0.4) is 0 Å². The van der Waals surface area contributed by atoms with E-state index >= 15 is 0 Å². The molecule has 6 heteroatoms. The summed E-state index contributed by atoms with van der Waals surface area (Å²) in [6.45, 7) is 0. The lowest BCUT2D eigenvalue weighted by Gasteiger charge is -2.16. The summed E-state index contributed by atoms with van der Waals surface area (Å²) < 4.78 is 8.77. The van der Waals surface area contributed by atoms with Crippen LogP contribution in [0.2, 0.25) is 0 Å². The van der Waals surface area contributed by atoms with Gasteiger partial charge in [-0.1, -0.05) is 170 Å². The van der Waals surface area contributed by atoms with Gasteiger partial charge in [0.05, 0.1) is 34.5 Å². The second kappa shape index (κ2) is 15.2. The average Bonchev–Trinajstić information content (AvgIpc) is 3.90. The van der Waals surface area contributed by atoms with Crippen molar-refractivity contribution in [2.24, 2.45) is 0 Å². The Morgan fingerprint density at radius 1 is 0.381 bits per heavy atom. The molecule has 296 valence electrons. The first-order valence-electron chi connectivity index (χ1n) is 21.2. The predicted molar refractivity (Wildman–Crippen MR) is 256 cm³/mol. The average molecular weight is 808 g/mol. The van der Waals surface area contributed by atoms with Gasteiger partial charge in [-0.25, -0.2) is 15.0 Å². The Labute approximate surface area is 363 Å². The molecule has 6 nitrogen and oxygen atoms in total. The van der Waals surface area contributed by atoms with Crippen LogP contribution in [0.15, 0.2) is 217 Å². The fraction of sp³-hybridized carbons (Fsp3) is 0.0175. The Bertz CT molecular complexity index is 3580. The monoisotopic (exact) mass is 807 g/mol. The number of fused-ring (bicyclic) bond motifs is 7. The molecule has 0 fully saturated rings. The summed E-state index contributed by atoms with van der Waals surface area (Å²) >= 11 is 0. The van der Waals surface area contributed by atoms with Gasteiger partial charge in [-0.05, 0) is 64.7 Å². The van der Waals surface area contributed by atoms with Gasteiger partial charge in [-0.3, -0.25) is 4.98 Å². The molecule has 0 amide bonds. The van der Waals surface area contributed by atoms with E-state index in [2.05, 4.69) is 144 Å². The molecule has 0 bridgehead atoms. The highest BCUT2D eigenvalue weighted by atomic mass is 16.3. The lowest BCUT2D eigenvalue weighted by Crippen LogP contribution is -2.09.